The quantitative estimate of drug-likeness (QED) is 0.647. The second-order valence-electron chi connectivity index (χ2n) is 1.94. The van der Waals surface area contributed by atoms with E-state index in [0.717, 1.165) is 6.07 Å². The average Bonchev–Trinajstić information content (AvgIpc) is 1.85. The van der Waals surface area contributed by atoms with Crippen molar-refractivity contribution in [3.05, 3.63) is 11.9 Å². The highest BCUT2D eigenvalue weighted by atomic mass is 35.5. The van der Waals surface area contributed by atoms with Crippen LogP contribution >= 0.6 is 11.6 Å². The maximum atomic E-state index is 8.87. The molecule has 1 rings (SSSR count). The molecule has 0 spiro atoms. The Bertz CT molecular complexity index is 234. The van der Waals surface area contributed by atoms with E-state index in [-0.39, 0.29) is 11.8 Å². The lowest BCUT2D eigenvalue weighted by molar-refractivity contribution is 0.417. The molecule has 1 aromatic rings. The van der Waals surface area contributed by atoms with E-state index >= 15 is 0 Å². The number of hydrogen-bond donors (Lipinski definition) is 2. The van der Waals surface area contributed by atoms with Crippen LogP contribution in [0.3, 0.4) is 0 Å². The van der Waals surface area contributed by atoms with Crippen molar-refractivity contribution < 1.29 is 10.2 Å². The van der Waals surface area contributed by atoms with Crippen molar-refractivity contribution >= 4 is 11.6 Å². The summed E-state index contributed by atoms with van der Waals surface area (Å²) >= 11 is 5.40. The monoisotopic (exact) mass is 174 g/mol. The topological polar surface area (TPSA) is 66.2 Å². The van der Waals surface area contributed by atoms with E-state index in [0.29, 0.717) is 18.1 Å². The van der Waals surface area contributed by atoms with Crippen LogP contribution in [-0.4, -0.2) is 26.1 Å². The van der Waals surface area contributed by atoms with Gasteiger partial charge in [0.1, 0.15) is 5.82 Å². The minimum atomic E-state index is -0.238. The van der Waals surface area contributed by atoms with Gasteiger partial charge in [0.2, 0.25) is 11.8 Å². The maximum absolute atomic E-state index is 8.87. The van der Waals surface area contributed by atoms with Crippen LogP contribution in [0.5, 0.6) is 11.8 Å². The SMILES string of the molecule is Oc1cc(O)nc(CCCl)n1. The van der Waals surface area contributed by atoms with Crippen molar-refractivity contribution in [3.63, 3.8) is 0 Å². The lowest BCUT2D eigenvalue weighted by atomic mass is 10.4. The molecule has 0 bridgehead atoms. The van der Waals surface area contributed by atoms with Gasteiger partial charge in [-0.05, 0) is 0 Å². The lowest BCUT2D eigenvalue weighted by Gasteiger charge is -1.97. The summed E-state index contributed by atoms with van der Waals surface area (Å²) in [5.41, 5.74) is 0. The third-order valence-corrected chi connectivity index (χ3v) is 1.25. The van der Waals surface area contributed by atoms with E-state index in [2.05, 4.69) is 9.97 Å². The van der Waals surface area contributed by atoms with E-state index in [1.54, 1.807) is 0 Å². The zero-order chi connectivity index (χ0) is 8.27. The maximum Gasteiger partial charge on any atom is 0.217 e. The Morgan fingerprint density at radius 2 is 1.82 bits per heavy atom. The van der Waals surface area contributed by atoms with Crippen LogP contribution in [0, 0.1) is 0 Å². The van der Waals surface area contributed by atoms with Crippen molar-refractivity contribution in [1.82, 2.24) is 9.97 Å². The minimum Gasteiger partial charge on any atom is -0.493 e. The van der Waals surface area contributed by atoms with Gasteiger partial charge >= 0.3 is 0 Å². The molecule has 0 saturated carbocycles. The molecule has 0 aliphatic heterocycles. The van der Waals surface area contributed by atoms with Crippen molar-refractivity contribution in [2.45, 2.75) is 6.42 Å². The van der Waals surface area contributed by atoms with Gasteiger partial charge < -0.3 is 10.2 Å². The zero-order valence-electron chi connectivity index (χ0n) is 5.66. The third-order valence-electron chi connectivity index (χ3n) is 1.06. The normalized spacial score (nSPS) is 9.91. The molecular formula is C6H7ClN2O2. The van der Waals surface area contributed by atoms with E-state index in [9.17, 15) is 0 Å². The van der Waals surface area contributed by atoms with Crippen molar-refractivity contribution in [2.75, 3.05) is 5.88 Å². The Labute approximate surface area is 68.5 Å². The first-order valence-corrected chi connectivity index (χ1v) is 3.57. The molecule has 0 atom stereocenters. The van der Waals surface area contributed by atoms with Gasteiger partial charge in [-0.3, -0.25) is 0 Å². The van der Waals surface area contributed by atoms with Gasteiger partial charge in [0.25, 0.3) is 0 Å². The zero-order valence-corrected chi connectivity index (χ0v) is 6.41. The van der Waals surface area contributed by atoms with E-state index in [1.165, 1.54) is 0 Å². The summed E-state index contributed by atoms with van der Waals surface area (Å²) in [5.74, 6) is 0.232. The van der Waals surface area contributed by atoms with E-state index < -0.39 is 0 Å². The molecular weight excluding hydrogens is 168 g/mol. The fraction of sp³-hybridized carbons (Fsp3) is 0.333. The van der Waals surface area contributed by atoms with Crippen molar-refractivity contribution in [2.24, 2.45) is 0 Å². The summed E-state index contributed by atoms with van der Waals surface area (Å²) in [6.45, 7) is 0. The highest BCUT2D eigenvalue weighted by Crippen LogP contribution is 2.12. The second kappa shape index (κ2) is 3.39. The van der Waals surface area contributed by atoms with Gasteiger partial charge in [-0.15, -0.1) is 11.6 Å². The molecule has 2 N–H and O–H groups in total. The molecule has 0 radical (unpaired) electrons. The summed E-state index contributed by atoms with van der Waals surface area (Å²) in [4.78, 5) is 7.25. The molecule has 0 amide bonds. The minimum absolute atomic E-state index is 0.238. The number of halogens is 1. The van der Waals surface area contributed by atoms with Crippen LogP contribution in [0.2, 0.25) is 0 Å². The molecule has 1 heterocycles. The molecule has 1 aromatic heterocycles. The predicted molar refractivity (Wildman–Crippen MR) is 39.8 cm³/mol. The molecule has 60 valence electrons. The van der Waals surface area contributed by atoms with E-state index in [4.69, 9.17) is 21.8 Å². The van der Waals surface area contributed by atoms with Crippen LogP contribution in [0.1, 0.15) is 5.82 Å². The lowest BCUT2D eigenvalue weighted by Crippen LogP contribution is -1.95. The number of aromatic nitrogens is 2. The number of aryl methyl sites for hydroxylation is 1. The number of alkyl halides is 1. The standard InChI is InChI=1S/C6H7ClN2O2/c7-2-1-4-8-5(10)3-6(11)9-4/h3H,1-2H2,(H2,8,9,10,11). The van der Waals surface area contributed by atoms with Gasteiger partial charge in [-0.2, -0.15) is 9.97 Å². The molecule has 11 heavy (non-hydrogen) atoms. The van der Waals surface area contributed by atoms with Crippen LogP contribution < -0.4 is 0 Å². The first kappa shape index (κ1) is 8.07. The highest BCUT2D eigenvalue weighted by Gasteiger charge is 2.00. The number of nitrogens with zero attached hydrogens (tertiary/aromatic N) is 2. The Hall–Kier alpha value is -1.03. The molecule has 0 aromatic carbocycles. The van der Waals surface area contributed by atoms with Crippen LogP contribution in [0.4, 0.5) is 0 Å². The largest absolute Gasteiger partial charge is 0.493 e. The van der Waals surface area contributed by atoms with Crippen molar-refractivity contribution in [3.8, 4) is 11.8 Å². The predicted octanol–water partition coefficient (Wildman–Crippen LogP) is 0.669. The smallest absolute Gasteiger partial charge is 0.217 e. The average molecular weight is 175 g/mol. The summed E-state index contributed by atoms with van der Waals surface area (Å²) < 4.78 is 0. The summed E-state index contributed by atoms with van der Waals surface area (Å²) in [6, 6.07) is 1.07. The third kappa shape index (κ3) is 2.23. The molecule has 0 fully saturated rings. The van der Waals surface area contributed by atoms with Gasteiger partial charge in [0.05, 0.1) is 6.07 Å². The number of aromatic hydroxyl groups is 2. The molecule has 4 nitrogen and oxygen atoms in total. The Kier molecular flexibility index (Phi) is 2.48. The Morgan fingerprint density at radius 3 is 2.27 bits per heavy atom. The van der Waals surface area contributed by atoms with Crippen molar-refractivity contribution in [1.29, 1.82) is 0 Å². The first-order chi connectivity index (χ1) is 5.22. The van der Waals surface area contributed by atoms with Crippen LogP contribution in [0.25, 0.3) is 0 Å². The second-order valence-corrected chi connectivity index (χ2v) is 2.32. The molecule has 5 heteroatoms. The first-order valence-electron chi connectivity index (χ1n) is 3.04. The fourth-order valence-electron chi connectivity index (χ4n) is 0.666. The van der Waals surface area contributed by atoms with Gasteiger partial charge in [-0.1, -0.05) is 0 Å². The fourth-order valence-corrected chi connectivity index (χ4v) is 0.835. The number of hydrogen-bond acceptors (Lipinski definition) is 4. The Morgan fingerprint density at radius 1 is 1.27 bits per heavy atom. The summed E-state index contributed by atoms with van der Waals surface area (Å²) in [5, 5.41) is 17.7. The Balaban J connectivity index is 2.89. The summed E-state index contributed by atoms with van der Waals surface area (Å²) in [6.07, 6.45) is 0.434. The van der Waals surface area contributed by atoms with Crippen LogP contribution in [-0.2, 0) is 6.42 Å². The van der Waals surface area contributed by atoms with Gasteiger partial charge in [-0.25, -0.2) is 0 Å². The van der Waals surface area contributed by atoms with Gasteiger partial charge in [0.15, 0.2) is 0 Å². The highest BCUT2D eigenvalue weighted by molar-refractivity contribution is 6.17. The van der Waals surface area contributed by atoms with Gasteiger partial charge in [0, 0.05) is 12.3 Å². The molecule has 0 aliphatic carbocycles. The van der Waals surface area contributed by atoms with E-state index in [1.807, 2.05) is 0 Å². The number of rotatable bonds is 2. The molecule has 0 unspecified atom stereocenters. The molecule has 0 aliphatic rings. The molecule has 0 saturated heterocycles. The summed E-state index contributed by atoms with van der Waals surface area (Å²) in [7, 11) is 0. The van der Waals surface area contributed by atoms with Crippen LogP contribution in [0.15, 0.2) is 6.07 Å².